The number of rotatable bonds is 7. The summed E-state index contributed by atoms with van der Waals surface area (Å²) in [5.74, 6) is -1.10. The van der Waals surface area contributed by atoms with Crippen LogP contribution in [0.15, 0.2) is 42.5 Å². The standard InChI is InChI=1S/C17H15F2NO6/c1-10(12-5-3-4-6-13(12)20(22)23)25-16(21)11-7-8-14(26-17(18)19)15(9-11)24-2/h3-10,17H,1-2H3. The van der Waals surface area contributed by atoms with Crippen LogP contribution in [0.1, 0.15) is 28.9 Å². The van der Waals surface area contributed by atoms with Gasteiger partial charge in [-0.3, -0.25) is 10.1 Å². The molecule has 26 heavy (non-hydrogen) atoms. The van der Waals surface area contributed by atoms with E-state index in [4.69, 9.17) is 9.47 Å². The summed E-state index contributed by atoms with van der Waals surface area (Å²) in [5.41, 5.74) is 0.0791. The highest BCUT2D eigenvalue weighted by Crippen LogP contribution is 2.31. The Morgan fingerprint density at radius 2 is 1.85 bits per heavy atom. The molecule has 0 fully saturated rings. The number of esters is 1. The molecule has 2 aromatic rings. The van der Waals surface area contributed by atoms with Crippen molar-refractivity contribution in [2.24, 2.45) is 0 Å². The molecule has 1 unspecified atom stereocenters. The van der Waals surface area contributed by atoms with Gasteiger partial charge in [-0.2, -0.15) is 8.78 Å². The lowest BCUT2D eigenvalue weighted by atomic mass is 10.1. The molecular weight excluding hydrogens is 352 g/mol. The third-order valence-electron chi connectivity index (χ3n) is 3.47. The maximum atomic E-state index is 12.3. The van der Waals surface area contributed by atoms with Crippen molar-refractivity contribution in [2.45, 2.75) is 19.6 Å². The molecule has 0 spiro atoms. The second-order valence-corrected chi connectivity index (χ2v) is 5.11. The molecule has 0 saturated heterocycles. The third kappa shape index (κ3) is 4.44. The highest BCUT2D eigenvalue weighted by atomic mass is 19.3. The number of para-hydroxylation sites is 1. The zero-order chi connectivity index (χ0) is 19.3. The van der Waals surface area contributed by atoms with Gasteiger partial charge in [0.2, 0.25) is 0 Å². The fraction of sp³-hybridized carbons (Fsp3) is 0.235. The number of benzene rings is 2. The molecule has 0 N–H and O–H groups in total. The van der Waals surface area contributed by atoms with Crippen molar-refractivity contribution in [1.82, 2.24) is 0 Å². The second kappa shape index (κ2) is 8.24. The van der Waals surface area contributed by atoms with Crippen molar-refractivity contribution in [2.75, 3.05) is 7.11 Å². The van der Waals surface area contributed by atoms with Gasteiger partial charge in [-0.25, -0.2) is 4.79 Å². The zero-order valence-electron chi connectivity index (χ0n) is 13.8. The molecule has 2 aromatic carbocycles. The summed E-state index contributed by atoms with van der Waals surface area (Å²) in [4.78, 5) is 22.8. The number of hydrogen-bond acceptors (Lipinski definition) is 6. The number of halogens is 2. The average molecular weight is 367 g/mol. The summed E-state index contributed by atoms with van der Waals surface area (Å²) in [6.07, 6.45) is -0.896. The molecule has 0 heterocycles. The quantitative estimate of drug-likeness (QED) is 0.415. The van der Waals surface area contributed by atoms with Crippen molar-refractivity contribution >= 4 is 11.7 Å². The van der Waals surface area contributed by atoms with Gasteiger partial charge < -0.3 is 14.2 Å². The molecule has 2 rings (SSSR count). The van der Waals surface area contributed by atoms with E-state index in [0.717, 1.165) is 6.07 Å². The van der Waals surface area contributed by atoms with Gasteiger partial charge in [0, 0.05) is 6.07 Å². The van der Waals surface area contributed by atoms with Crippen LogP contribution in [0, 0.1) is 10.1 Å². The number of carbonyl (C=O) groups excluding carboxylic acids is 1. The van der Waals surface area contributed by atoms with Crippen molar-refractivity contribution in [3.63, 3.8) is 0 Å². The maximum Gasteiger partial charge on any atom is 0.387 e. The fourth-order valence-corrected chi connectivity index (χ4v) is 2.28. The van der Waals surface area contributed by atoms with Crippen molar-refractivity contribution in [3.05, 3.63) is 63.7 Å². The average Bonchev–Trinajstić information content (AvgIpc) is 2.61. The van der Waals surface area contributed by atoms with E-state index in [9.17, 15) is 23.7 Å². The van der Waals surface area contributed by atoms with Gasteiger partial charge >= 0.3 is 12.6 Å². The molecule has 0 bridgehead atoms. The zero-order valence-corrected chi connectivity index (χ0v) is 13.8. The normalized spacial score (nSPS) is 11.7. The van der Waals surface area contributed by atoms with Gasteiger partial charge in [0.25, 0.3) is 5.69 Å². The summed E-state index contributed by atoms with van der Waals surface area (Å²) in [5, 5.41) is 11.1. The SMILES string of the molecule is COc1cc(C(=O)OC(C)c2ccccc2[N+](=O)[O-])ccc1OC(F)F. The van der Waals surface area contributed by atoms with E-state index >= 15 is 0 Å². The fourth-order valence-electron chi connectivity index (χ4n) is 2.28. The molecular formula is C17H15F2NO6. The van der Waals surface area contributed by atoms with Gasteiger partial charge in [-0.05, 0) is 31.2 Å². The Kier molecular flexibility index (Phi) is 6.05. The molecule has 0 amide bonds. The van der Waals surface area contributed by atoms with Gasteiger partial charge in [-0.15, -0.1) is 0 Å². The van der Waals surface area contributed by atoms with E-state index in [1.165, 1.54) is 44.4 Å². The minimum atomic E-state index is -3.04. The first-order valence-corrected chi connectivity index (χ1v) is 7.40. The lowest BCUT2D eigenvalue weighted by molar-refractivity contribution is -0.386. The third-order valence-corrected chi connectivity index (χ3v) is 3.47. The summed E-state index contributed by atoms with van der Waals surface area (Å²) >= 11 is 0. The van der Waals surface area contributed by atoms with Crippen LogP contribution in [0.25, 0.3) is 0 Å². The molecule has 7 nitrogen and oxygen atoms in total. The Labute approximate surface area is 147 Å². The molecule has 0 aromatic heterocycles. The van der Waals surface area contributed by atoms with Crippen LogP contribution >= 0.6 is 0 Å². The van der Waals surface area contributed by atoms with E-state index in [2.05, 4.69) is 4.74 Å². The van der Waals surface area contributed by atoms with E-state index in [-0.39, 0.29) is 28.3 Å². The minimum Gasteiger partial charge on any atom is -0.493 e. The Morgan fingerprint density at radius 3 is 2.46 bits per heavy atom. The smallest absolute Gasteiger partial charge is 0.387 e. The summed E-state index contributed by atoms with van der Waals surface area (Å²) in [6, 6.07) is 9.45. The molecule has 0 saturated carbocycles. The number of nitro groups is 1. The topological polar surface area (TPSA) is 87.9 Å². The highest BCUT2D eigenvalue weighted by Gasteiger charge is 2.22. The van der Waals surface area contributed by atoms with Crippen molar-refractivity contribution in [1.29, 1.82) is 0 Å². The van der Waals surface area contributed by atoms with E-state index in [1.807, 2.05) is 0 Å². The lowest BCUT2D eigenvalue weighted by Gasteiger charge is -2.15. The Morgan fingerprint density at radius 1 is 1.15 bits per heavy atom. The maximum absolute atomic E-state index is 12.3. The van der Waals surface area contributed by atoms with Crippen LogP contribution in [0.4, 0.5) is 14.5 Å². The number of methoxy groups -OCH3 is 1. The molecule has 0 aliphatic rings. The van der Waals surface area contributed by atoms with Crippen LogP contribution in [0.2, 0.25) is 0 Å². The molecule has 0 aliphatic heterocycles. The van der Waals surface area contributed by atoms with Gasteiger partial charge in [0.15, 0.2) is 11.5 Å². The predicted molar refractivity (Wildman–Crippen MR) is 86.6 cm³/mol. The number of ether oxygens (including phenoxy) is 3. The molecule has 9 heteroatoms. The number of alkyl halides is 2. The molecule has 0 radical (unpaired) electrons. The summed E-state index contributed by atoms with van der Waals surface area (Å²) in [7, 11) is 1.23. The van der Waals surface area contributed by atoms with Crippen LogP contribution in [-0.4, -0.2) is 24.6 Å². The molecule has 1 atom stereocenters. The first kappa shape index (κ1) is 19.1. The van der Waals surface area contributed by atoms with Crippen molar-refractivity contribution in [3.8, 4) is 11.5 Å². The summed E-state index contributed by atoms with van der Waals surface area (Å²) < 4.78 is 39.1. The predicted octanol–water partition coefficient (Wildman–Crippen LogP) is 4.12. The minimum absolute atomic E-state index is 0.0221. The number of nitro benzene ring substituents is 1. The van der Waals surface area contributed by atoms with Gasteiger partial charge in [0.05, 0.1) is 23.2 Å². The highest BCUT2D eigenvalue weighted by molar-refractivity contribution is 5.90. The van der Waals surface area contributed by atoms with Crippen LogP contribution < -0.4 is 9.47 Å². The first-order chi connectivity index (χ1) is 12.3. The van der Waals surface area contributed by atoms with Gasteiger partial charge in [0.1, 0.15) is 6.10 Å². The van der Waals surface area contributed by atoms with E-state index in [0.29, 0.717) is 0 Å². The van der Waals surface area contributed by atoms with Crippen LogP contribution in [0.5, 0.6) is 11.5 Å². The first-order valence-electron chi connectivity index (χ1n) is 7.40. The van der Waals surface area contributed by atoms with Crippen molar-refractivity contribution < 1.29 is 32.7 Å². The number of hydrogen-bond donors (Lipinski definition) is 0. The Bertz CT molecular complexity index is 812. The van der Waals surface area contributed by atoms with Crippen LogP contribution in [-0.2, 0) is 4.74 Å². The Balaban J connectivity index is 2.21. The monoisotopic (exact) mass is 367 g/mol. The number of nitrogens with zero attached hydrogens (tertiary/aromatic N) is 1. The summed E-state index contributed by atoms with van der Waals surface area (Å²) in [6.45, 7) is -1.55. The Hall–Kier alpha value is -3.23. The second-order valence-electron chi connectivity index (χ2n) is 5.11. The van der Waals surface area contributed by atoms with Gasteiger partial charge in [-0.1, -0.05) is 12.1 Å². The lowest BCUT2D eigenvalue weighted by Crippen LogP contribution is -2.11. The largest absolute Gasteiger partial charge is 0.493 e. The van der Waals surface area contributed by atoms with E-state index < -0.39 is 23.6 Å². The number of carbonyl (C=O) groups is 1. The molecule has 138 valence electrons. The van der Waals surface area contributed by atoms with E-state index in [1.54, 1.807) is 6.07 Å². The molecule has 0 aliphatic carbocycles. The van der Waals surface area contributed by atoms with Crippen LogP contribution in [0.3, 0.4) is 0 Å².